The van der Waals surface area contributed by atoms with E-state index in [2.05, 4.69) is 0 Å². The van der Waals surface area contributed by atoms with Crippen LogP contribution in [0.3, 0.4) is 0 Å². The van der Waals surface area contributed by atoms with E-state index in [0.717, 1.165) is 16.7 Å². The van der Waals surface area contributed by atoms with Crippen LogP contribution in [0.4, 0.5) is 0 Å². The van der Waals surface area contributed by atoms with Gasteiger partial charge in [0.15, 0.2) is 5.78 Å². The summed E-state index contributed by atoms with van der Waals surface area (Å²) in [5, 5.41) is 0. The minimum Gasteiger partial charge on any atom is -0.465 e. The van der Waals surface area contributed by atoms with E-state index in [4.69, 9.17) is 4.74 Å². The highest BCUT2D eigenvalue weighted by atomic mass is 16.5. The molecule has 0 aromatic heterocycles. The fourth-order valence-electron chi connectivity index (χ4n) is 3.11. The van der Waals surface area contributed by atoms with Crippen LogP contribution in [0.5, 0.6) is 0 Å². The van der Waals surface area contributed by atoms with Crippen LogP contribution >= 0.6 is 0 Å². The lowest BCUT2D eigenvalue weighted by Gasteiger charge is -2.17. The number of aryl methyl sites for hydroxylation is 1. The van der Waals surface area contributed by atoms with Crippen molar-refractivity contribution in [3.05, 3.63) is 77.4 Å². The molecule has 24 heavy (non-hydrogen) atoms. The van der Waals surface area contributed by atoms with E-state index in [1.54, 1.807) is 6.92 Å². The van der Waals surface area contributed by atoms with E-state index in [1.165, 1.54) is 0 Å². The number of esters is 1. The summed E-state index contributed by atoms with van der Waals surface area (Å²) in [5.74, 6) is -1.70. The maximum atomic E-state index is 12.9. The van der Waals surface area contributed by atoms with E-state index in [-0.39, 0.29) is 18.3 Å². The molecule has 2 aromatic rings. The standard InChI is InChI=1S/C21H20O3/c1-3-24-21(23)19-17(15-7-5-4-6-8-15)13-18(20(19)22)16-11-9-14(2)10-12-16/h4-13,17,19H,3H2,1-2H3. The Morgan fingerprint density at radius 3 is 2.33 bits per heavy atom. The molecular weight excluding hydrogens is 300 g/mol. The van der Waals surface area contributed by atoms with Gasteiger partial charge in [0.05, 0.1) is 6.61 Å². The molecule has 0 spiro atoms. The first kappa shape index (κ1) is 16.2. The summed E-state index contributed by atoms with van der Waals surface area (Å²) in [6.07, 6.45) is 1.91. The summed E-state index contributed by atoms with van der Waals surface area (Å²) in [5.41, 5.74) is 3.53. The van der Waals surface area contributed by atoms with Gasteiger partial charge in [0.1, 0.15) is 5.92 Å². The van der Waals surface area contributed by atoms with Gasteiger partial charge in [0.25, 0.3) is 0 Å². The molecule has 0 fully saturated rings. The fourth-order valence-corrected chi connectivity index (χ4v) is 3.11. The molecule has 0 N–H and O–H groups in total. The Bertz CT molecular complexity index is 772. The lowest BCUT2D eigenvalue weighted by Crippen LogP contribution is -2.27. The molecule has 0 aliphatic heterocycles. The number of rotatable bonds is 4. The highest BCUT2D eigenvalue weighted by Crippen LogP contribution is 2.40. The molecule has 3 nitrogen and oxygen atoms in total. The molecule has 0 heterocycles. The topological polar surface area (TPSA) is 43.4 Å². The molecule has 3 heteroatoms. The van der Waals surface area contributed by atoms with E-state index in [0.29, 0.717) is 5.57 Å². The molecule has 122 valence electrons. The Balaban J connectivity index is 2.03. The number of carbonyl (C=O) groups is 2. The number of hydrogen-bond donors (Lipinski definition) is 0. The maximum Gasteiger partial charge on any atom is 0.317 e. The zero-order valence-corrected chi connectivity index (χ0v) is 13.9. The van der Waals surface area contributed by atoms with Crippen molar-refractivity contribution in [1.82, 2.24) is 0 Å². The first-order valence-electron chi connectivity index (χ1n) is 8.16. The summed E-state index contributed by atoms with van der Waals surface area (Å²) >= 11 is 0. The molecule has 0 saturated carbocycles. The minimum atomic E-state index is -0.802. The average molecular weight is 320 g/mol. The smallest absolute Gasteiger partial charge is 0.317 e. The Morgan fingerprint density at radius 2 is 1.71 bits per heavy atom. The number of benzene rings is 2. The maximum absolute atomic E-state index is 12.9. The number of allylic oxidation sites excluding steroid dienone is 2. The van der Waals surface area contributed by atoms with E-state index < -0.39 is 11.9 Å². The molecule has 0 saturated heterocycles. The van der Waals surface area contributed by atoms with Gasteiger partial charge in [-0.2, -0.15) is 0 Å². The third-order valence-electron chi connectivity index (χ3n) is 4.34. The predicted octanol–water partition coefficient (Wildman–Crippen LogP) is 3.92. The van der Waals surface area contributed by atoms with Gasteiger partial charge in [0.2, 0.25) is 0 Å². The van der Waals surface area contributed by atoms with Crippen molar-refractivity contribution in [3.8, 4) is 0 Å². The Morgan fingerprint density at radius 1 is 1.04 bits per heavy atom. The number of carbonyl (C=O) groups excluding carboxylic acids is 2. The molecule has 2 unspecified atom stereocenters. The zero-order valence-electron chi connectivity index (χ0n) is 13.9. The van der Waals surface area contributed by atoms with Gasteiger partial charge in [-0.05, 0) is 25.0 Å². The predicted molar refractivity (Wildman–Crippen MR) is 93.5 cm³/mol. The Labute approximate surface area is 142 Å². The zero-order chi connectivity index (χ0) is 17.1. The molecule has 0 radical (unpaired) electrons. The molecular formula is C21H20O3. The monoisotopic (exact) mass is 320 g/mol. The van der Waals surface area contributed by atoms with Crippen LogP contribution < -0.4 is 0 Å². The molecule has 0 bridgehead atoms. The number of Topliss-reactive ketones (excluding diaryl/α,β-unsaturated/α-hetero) is 1. The van der Waals surface area contributed by atoms with Crippen LogP contribution in [0.1, 0.15) is 29.5 Å². The van der Waals surface area contributed by atoms with Crippen LogP contribution in [0, 0.1) is 12.8 Å². The first-order chi connectivity index (χ1) is 11.6. The number of ether oxygens (including phenoxy) is 1. The van der Waals surface area contributed by atoms with Crippen molar-refractivity contribution in [2.75, 3.05) is 6.61 Å². The largest absolute Gasteiger partial charge is 0.465 e. The third-order valence-corrected chi connectivity index (χ3v) is 4.34. The second kappa shape index (κ2) is 6.83. The Hall–Kier alpha value is -2.68. The molecule has 2 aromatic carbocycles. The number of ketones is 1. The minimum absolute atomic E-state index is 0.161. The highest BCUT2D eigenvalue weighted by Gasteiger charge is 2.42. The molecule has 1 aliphatic rings. The summed E-state index contributed by atoms with van der Waals surface area (Å²) in [6.45, 7) is 4.02. The third kappa shape index (κ3) is 3.02. The average Bonchev–Trinajstić information content (AvgIpc) is 2.94. The van der Waals surface area contributed by atoms with Crippen molar-refractivity contribution >= 4 is 17.3 Å². The van der Waals surface area contributed by atoms with E-state index >= 15 is 0 Å². The SMILES string of the molecule is CCOC(=O)C1C(=O)C(c2ccc(C)cc2)=CC1c1ccccc1. The van der Waals surface area contributed by atoms with Crippen LogP contribution in [0.15, 0.2) is 60.7 Å². The van der Waals surface area contributed by atoms with Gasteiger partial charge in [-0.3, -0.25) is 9.59 Å². The van der Waals surface area contributed by atoms with Gasteiger partial charge in [-0.15, -0.1) is 0 Å². The summed E-state index contributed by atoms with van der Waals surface area (Å²) in [7, 11) is 0. The summed E-state index contributed by atoms with van der Waals surface area (Å²) < 4.78 is 5.16. The van der Waals surface area contributed by atoms with E-state index in [1.807, 2.05) is 67.6 Å². The van der Waals surface area contributed by atoms with Crippen molar-refractivity contribution in [2.24, 2.45) is 5.92 Å². The quantitative estimate of drug-likeness (QED) is 0.633. The van der Waals surface area contributed by atoms with Crippen molar-refractivity contribution < 1.29 is 14.3 Å². The normalized spacial score (nSPS) is 19.9. The molecule has 3 rings (SSSR count). The molecule has 1 aliphatic carbocycles. The van der Waals surface area contributed by atoms with Gasteiger partial charge in [0, 0.05) is 11.5 Å². The lowest BCUT2D eigenvalue weighted by atomic mass is 9.88. The first-order valence-corrected chi connectivity index (χ1v) is 8.16. The van der Waals surface area contributed by atoms with Crippen molar-refractivity contribution in [2.45, 2.75) is 19.8 Å². The van der Waals surface area contributed by atoms with Crippen LogP contribution in [0.25, 0.3) is 5.57 Å². The van der Waals surface area contributed by atoms with Gasteiger partial charge >= 0.3 is 5.97 Å². The van der Waals surface area contributed by atoms with Crippen molar-refractivity contribution in [3.63, 3.8) is 0 Å². The summed E-state index contributed by atoms with van der Waals surface area (Å²) in [4.78, 5) is 25.3. The fraction of sp³-hybridized carbons (Fsp3) is 0.238. The van der Waals surface area contributed by atoms with Crippen LogP contribution in [0.2, 0.25) is 0 Å². The second-order valence-corrected chi connectivity index (χ2v) is 5.98. The molecule has 0 amide bonds. The lowest BCUT2D eigenvalue weighted by molar-refractivity contribution is -0.150. The van der Waals surface area contributed by atoms with Gasteiger partial charge < -0.3 is 4.74 Å². The van der Waals surface area contributed by atoms with Crippen molar-refractivity contribution in [1.29, 1.82) is 0 Å². The Kier molecular flexibility index (Phi) is 4.61. The second-order valence-electron chi connectivity index (χ2n) is 5.98. The van der Waals surface area contributed by atoms with Gasteiger partial charge in [-0.25, -0.2) is 0 Å². The van der Waals surface area contributed by atoms with Crippen LogP contribution in [-0.2, 0) is 14.3 Å². The van der Waals surface area contributed by atoms with Gasteiger partial charge in [-0.1, -0.05) is 66.2 Å². The molecule has 2 atom stereocenters. The van der Waals surface area contributed by atoms with E-state index in [9.17, 15) is 9.59 Å². The summed E-state index contributed by atoms with van der Waals surface area (Å²) in [6, 6.07) is 17.4. The van der Waals surface area contributed by atoms with Crippen LogP contribution in [-0.4, -0.2) is 18.4 Å². The number of hydrogen-bond acceptors (Lipinski definition) is 3. The highest BCUT2D eigenvalue weighted by molar-refractivity contribution is 6.29.